The second-order valence-corrected chi connectivity index (χ2v) is 6.17. The normalized spacial score (nSPS) is 13.1. The smallest absolute Gasteiger partial charge is 0.0423 e. The zero-order chi connectivity index (χ0) is 12.1. The molecule has 1 aromatic carbocycles. The van der Waals surface area contributed by atoms with Gasteiger partial charge in [0.25, 0.3) is 0 Å². The van der Waals surface area contributed by atoms with Crippen molar-refractivity contribution < 1.29 is 0 Å². The van der Waals surface area contributed by atoms with Gasteiger partial charge < -0.3 is 5.32 Å². The molecule has 1 N–H and O–H groups in total. The lowest BCUT2D eigenvalue weighted by Crippen LogP contribution is -2.19. The lowest BCUT2D eigenvalue weighted by Gasteiger charge is -2.17. The highest BCUT2D eigenvalue weighted by atomic mass is 32.2. The van der Waals surface area contributed by atoms with Crippen LogP contribution in [0.25, 0.3) is 10.1 Å². The first kappa shape index (κ1) is 12.9. The third kappa shape index (κ3) is 3.03. The van der Waals surface area contributed by atoms with Crippen LogP contribution in [0.4, 0.5) is 0 Å². The summed E-state index contributed by atoms with van der Waals surface area (Å²) in [6.45, 7) is 2.24. The molecule has 1 atom stereocenters. The molecule has 1 aromatic heterocycles. The summed E-state index contributed by atoms with van der Waals surface area (Å²) in [5.41, 5.74) is 1.45. The highest BCUT2D eigenvalue weighted by Crippen LogP contribution is 2.30. The molecular formula is C14H19NS2. The number of nitrogens with one attached hydrogen (secondary N) is 1. The van der Waals surface area contributed by atoms with E-state index in [9.17, 15) is 0 Å². The summed E-state index contributed by atoms with van der Waals surface area (Å²) >= 11 is 3.88. The van der Waals surface area contributed by atoms with Gasteiger partial charge in [-0.2, -0.15) is 11.8 Å². The molecule has 1 nitrogen and oxygen atoms in total. The Labute approximate surface area is 112 Å². The van der Waals surface area contributed by atoms with E-state index in [0.29, 0.717) is 6.04 Å². The summed E-state index contributed by atoms with van der Waals surface area (Å²) in [5.74, 6) is 2.40. The van der Waals surface area contributed by atoms with Crippen molar-refractivity contribution in [1.82, 2.24) is 5.32 Å². The van der Waals surface area contributed by atoms with E-state index >= 15 is 0 Å². The van der Waals surface area contributed by atoms with Gasteiger partial charge in [0.05, 0.1) is 0 Å². The van der Waals surface area contributed by atoms with Crippen LogP contribution in [-0.2, 0) is 0 Å². The molecule has 0 spiro atoms. The van der Waals surface area contributed by atoms with Crippen LogP contribution in [0, 0.1) is 0 Å². The number of fused-ring (bicyclic) bond motifs is 1. The number of thiophene rings is 1. The van der Waals surface area contributed by atoms with Crippen molar-refractivity contribution in [2.75, 3.05) is 18.6 Å². The van der Waals surface area contributed by atoms with Crippen LogP contribution < -0.4 is 5.32 Å². The molecule has 0 saturated heterocycles. The van der Waals surface area contributed by atoms with Gasteiger partial charge in [-0.3, -0.25) is 0 Å². The molecule has 17 heavy (non-hydrogen) atoms. The fraction of sp³-hybridized carbons (Fsp3) is 0.429. The Balaban J connectivity index is 2.20. The van der Waals surface area contributed by atoms with Crippen LogP contribution in [0.3, 0.4) is 0 Å². The van der Waals surface area contributed by atoms with Crippen LogP contribution >= 0.6 is 23.1 Å². The maximum Gasteiger partial charge on any atom is 0.0423 e. The van der Waals surface area contributed by atoms with E-state index in [1.54, 1.807) is 0 Å². The molecule has 1 heterocycles. The largest absolute Gasteiger partial charge is 0.312 e. The molecule has 0 aliphatic carbocycles. The zero-order valence-electron chi connectivity index (χ0n) is 10.4. The van der Waals surface area contributed by atoms with E-state index in [4.69, 9.17) is 0 Å². The maximum absolute atomic E-state index is 3.45. The molecule has 1 unspecified atom stereocenters. The van der Waals surface area contributed by atoms with Gasteiger partial charge in [0.1, 0.15) is 0 Å². The third-order valence-electron chi connectivity index (χ3n) is 2.87. The molecule has 92 valence electrons. The second kappa shape index (κ2) is 6.43. The topological polar surface area (TPSA) is 12.0 Å². The monoisotopic (exact) mass is 265 g/mol. The van der Waals surface area contributed by atoms with Crippen LogP contribution in [-0.4, -0.2) is 18.6 Å². The fourth-order valence-corrected chi connectivity index (χ4v) is 3.97. The quantitative estimate of drug-likeness (QED) is 0.781. The van der Waals surface area contributed by atoms with Gasteiger partial charge >= 0.3 is 0 Å². The summed E-state index contributed by atoms with van der Waals surface area (Å²) in [5, 5.41) is 6.99. The Kier molecular flexibility index (Phi) is 4.89. The van der Waals surface area contributed by atoms with E-state index in [1.165, 1.54) is 27.8 Å². The molecule has 0 aliphatic rings. The average molecular weight is 265 g/mol. The molecule has 0 bridgehead atoms. The first-order chi connectivity index (χ1) is 8.36. The summed E-state index contributed by atoms with van der Waals surface area (Å²) < 4.78 is 1.43. The number of benzene rings is 1. The molecule has 2 aromatic rings. The van der Waals surface area contributed by atoms with Gasteiger partial charge in [0.2, 0.25) is 0 Å². The lowest BCUT2D eigenvalue weighted by atomic mass is 10.1. The van der Waals surface area contributed by atoms with Crippen molar-refractivity contribution in [1.29, 1.82) is 0 Å². The van der Waals surface area contributed by atoms with Crippen LogP contribution in [0.2, 0.25) is 0 Å². The van der Waals surface area contributed by atoms with Crippen molar-refractivity contribution >= 4 is 33.2 Å². The van der Waals surface area contributed by atoms with Gasteiger partial charge in [-0.15, -0.1) is 11.3 Å². The Bertz CT molecular complexity index is 464. The summed E-state index contributed by atoms with van der Waals surface area (Å²) in [4.78, 5) is 0. The molecule has 0 radical (unpaired) electrons. The van der Waals surface area contributed by atoms with Gasteiger partial charge in [0, 0.05) is 16.5 Å². The Morgan fingerprint density at radius 1 is 1.35 bits per heavy atom. The predicted octanol–water partition coefficient (Wildman–Crippen LogP) is 4.31. The number of rotatable bonds is 6. The molecule has 0 saturated carbocycles. The first-order valence-corrected chi connectivity index (χ1v) is 8.11. The van der Waals surface area contributed by atoms with E-state index in [1.807, 2.05) is 23.1 Å². The molecule has 0 aliphatic heterocycles. The first-order valence-electron chi connectivity index (χ1n) is 6.08. The standard InChI is InChI=1S/C14H19NS2/c1-3-8-16-10-13(15-2)12-6-4-5-11-7-9-17-14(11)12/h4-7,9,13,15H,3,8,10H2,1-2H3. The van der Waals surface area contributed by atoms with Gasteiger partial charge in [-0.25, -0.2) is 0 Å². The highest BCUT2D eigenvalue weighted by molar-refractivity contribution is 7.99. The summed E-state index contributed by atoms with van der Waals surface area (Å²) in [6, 6.07) is 9.29. The van der Waals surface area contributed by atoms with Crippen molar-refractivity contribution in [3.63, 3.8) is 0 Å². The Morgan fingerprint density at radius 3 is 3.00 bits per heavy atom. The van der Waals surface area contributed by atoms with Crippen molar-refractivity contribution in [3.8, 4) is 0 Å². The highest BCUT2D eigenvalue weighted by Gasteiger charge is 2.12. The summed E-state index contributed by atoms with van der Waals surface area (Å²) in [6.07, 6.45) is 1.25. The van der Waals surface area contributed by atoms with Crippen molar-refractivity contribution in [2.45, 2.75) is 19.4 Å². The minimum absolute atomic E-state index is 0.467. The Morgan fingerprint density at radius 2 is 2.24 bits per heavy atom. The third-order valence-corrected chi connectivity index (χ3v) is 5.11. The minimum atomic E-state index is 0.467. The van der Waals surface area contributed by atoms with E-state index in [-0.39, 0.29) is 0 Å². The minimum Gasteiger partial charge on any atom is -0.312 e. The number of thioether (sulfide) groups is 1. The van der Waals surface area contributed by atoms with Gasteiger partial charge in [-0.05, 0) is 41.6 Å². The maximum atomic E-state index is 3.45. The fourth-order valence-electron chi connectivity index (χ4n) is 1.96. The van der Waals surface area contributed by atoms with E-state index in [2.05, 4.69) is 48.9 Å². The molecule has 3 heteroatoms. The van der Waals surface area contributed by atoms with E-state index < -0.39 is 0 Å². The Hall–Kier alpha value is -0.510. The SMILES string of the molecule is CCCSCC(NC)c1cccc2ccsc12. The zero-order valence-corrected chi connectivity index (χ0v) is 12.0. The van der Waals surface area contributed by atoms with Crippen molar-refractivity contribution in [3.05, 3.63) is 35.2 Å². The molecular weight excluding hydrogens is 246 g/mol. The molecule has 0 amide bonds. The van der Waals surface area contributed by atoms with Crippen LogP contribution in [0.15, 0.2) is 29.6 Å². The summed E-state index contributed by atoms with van der Waals surface area (Å²) in [7, 11) is 2.06. The van der Waals surface area contributed by atoms with E-state index in [0.717, 1.165) is 5.75 Å². The number of hydrogen-bond acceptors (Lipinski definition) is 3. The molecule has 0 fully saturated rings. The number of hydrogen-bond donors (Lipinski definition) is 1. The average Bonchev–Trinajstić information content (AvgIpc) is 2.83. The van der Waals surface area contributed by atoms with Gasteiger partial charge in [0.15, 0.2) is 0 Å². The van der Waals surface area contributed by atoms with Crippen molar-refractivity contribution in [2.24, 2.45) is 0 Å². The predicted molar refractivity (Wildman–Crippen MR) is 81.2 cm³/mol. The molecule has 2 rings (SSSR count). The van der Waals surface area contributed by atoms with Crippen LogP contribution in [0.5, 0.6) is 0 Å². The second-order valence-electron chi connectivity index (χ2n) is 4.10. The van der Waals surface area contributed by atoms with Crippen LogP contribution in [0.1, 0.15) is 24.9 Å². The van der Waals surface area contributed by atoms with Gasteiger partial charge in [-0.1, -0.05) is 25.1 Å². The lowest BCUT2D eigenvalue weighted by molar-refractivity contribution is 0.667.